The highest BCUT2D eigenvalue weighted by Crippen LogP contribution is 2.27. The zero-order valence-corrected chi connectivity index (χ0v) is 10.3. The number of nitrogens with zero attached hydrogens (tertiary/aromatic N) is 2. The molecule has 1 aromatic heterocycles. The molecule has 4 nitrogen and oxygen atoms in total. The van der Waals surface area contributed by atoms with E-state index in [4.69, 9.17) is 0 Å². The van der Waals surface area contributed by atoms with Gasteiger partial charge in [-0.3, -0.25) is 9.78 Å². The fourth-order valence-electron chi connectivity index (χ4n) is 2.29. The summed E-state index contributed by atoms with van der Waals surface area (Å²) < 4.78 is 0. The second-order valence-electron chi connectivity index (χ2n) is 4.82. The van der Waals surface area contributed by atoms with Crippen molar-refractivity contribution in [2.24, 2.45) is 0 Å². The lowest BCUT2D eigenvalue weighted by Crippen LogP contribution is -2.63. The summed E-state index contributed by atoms with van der Waals surface area (Å²) in [6, 6.07) is 3.49. The predicted octanol–water partition coefficient (Wildman–Crippen LogP) is 1.38. The minimum absolute atomic E-state index is 0.0173. The number of rotatable bonds is 3. The number of aryl methyl sites for hydroxylation is 1. The average molecular weight is 234 g/mol. The van der Waals surface area contributed by atoms with E-state index < -0.39 is 5.60 Å². The molecule has 0 unspecified atom stereocenters. The van der Waals surface area contributed by atoms with E-state index >= 15 is 0 Å². The standard InChI is InChI=1S/C13H18N2O2/c1-3-5-13(17)8-15(9-13)12(16)11-4-6-14-10(2)7-11/h4,6-7,17H,3,5,8-9H2,1-2H3. The van der Waals surface area contributed by atoms with Crippen molar-refractivity contribution in [3.8, 4) is 0 Å². The van der Waals surface area contributed by atoms with Gasteiger partial charge in [-0.1, -0.05) is 13.3 Å². The van der Waals surface area contributed by atoms with Gasteiger partial charge >= 0.3 is 0 Å². The summed E-state index contributed by atoms with van der Waals surface area (Å²) in [4.78, 5) is 17.8. The molecule has 1 aliphatic heterocycles. The number of amides is 1. The van der Waals surface area contributed by atoms with Crippen LogP contribution in [-0.2, 0) is 0 Å². The number of aromatic nitrogens is 1. The van der Waals surface area contributed by atoms with Crippen molar-refractivity contribution in [3.05, 3.63) is 29.6 Å². The minimum Gasteiger partial charge on any atom is -0.386 e. The molecule has 17 heavy (non-hydrogen) atoms. The van der Waals surface area contributed by atoms with E-state index in [0.717, 1.165) is 18.5 Å². The van der Waals surface area contributed by atoms with Crippen molar-refractivity contribution in [3.63, 3.8) is 0 Å². The molecule has 0 aliphatic carbocycles. The fourth-order valence-corrected chi connectivity index (χ4v) is 2.29. The summed E-state index contributed by atoms with van der Waals surface area (Å²) in [7, 11) is 0. The number of β-amino-alcohol motifs (C(OH)–C–C–N with tert-alkyl or cyclic N) is 1. The van der Waals surface area contributed by atoms with Gasteiger partial charge in [0.15, 0.2) is 0 Å². The van der Waals surface area contributed by atoms with Crippen molar-refractivity contribution < 1.29 is 9.90 Å². The molecule has 0 spiro atoms. The zero-order chi connectivity index (χ0) is 12.5. The molecule has 2 heterocycles. The Balaban J connectivity index is 2.00. The van der Waals surface area contributed by atoms with Crippen LogP contribution in [0.3, 0.4) is 0 Å². The maximum atomic E-state index is 12.1. The summed E-state index contributed by atoms with van der Waals surface area (Å²) in [6.45, 7) is 4.79. The molecule has 0 saturated carbocycles. The SMILES string of the molecule is CCCC1(O)CN(C(=O)c2ccnc(C)c2)C1. The van der Waals surface area contributed by atoms with Crippen molar-refractivity contribution in [1.29, 1.82) is 0 Å². The molecule has 2 rings (SSSR count). The van der Waals surface area contributed by atoms with Crippen molar-refractivity contribution in [1.82, 2.24) is 9.88 Å². The smallest absolute Gasteiger partial charge is 0.254 e. The van der Waals surface area contributed by atoms with Gasteiger partial charge in [-0.25, -0.2) is 0 Å². The number of aliphatic hydroxyl groups is 1. The Morgan fingerprint density at radius 3 is 2.88 bits per heavy atom. The number of carbonyl (C=O) groups excluding carboxylic acids is 1. The van der Waals surface area contributed by atoms with Gasteiger partial charge in [0, 0.05) is 17.5 Å². The second kappa shape index (κ2) is 4.45. The van der Waals surface area contributed by atoms with Gasteiger partial charge in [0.25, 0.3) is 5.91 Å². The summed E-state index contributed by atoms with van der Waals surface area (Å²) in [5, 5.41) is 10.0. The quantitative estimate of drug-likeness (QED) is 0.859. The lowest BCUT2D eigenvalue weighted by Gasteiger charge is -2.46. The van der Waals surface area contributed by atoms with E-state index in [-0.39, 0.29) is 5.91 Å². The topological polar surface area (TPSA) is 53.4 Å². The van der Waals surface area contributed by atoms with Crippen LogP contribution < -0.4 is 0 Å². The average Bonchev–Trinajstić information content (AvgIpc) is 2.25. The number of likely N-dealkylation sites (tertiary alicyclic amines) is 1. The third-order valence-corrected chi connectivity index (χ3v) is 3.12. The Bertz CT molecular complexity index is 425. The van der Waals surface area contributed by atoms with E-state index in [9.17, 15) is 9.90 Å². The number of hydrogen-bond donors (Lipinski definition) is 1. The van der Waals surface area contributed by atoms with E-state index in [1.807, 2.05) is 13.8 Å². The highest BCUT2D eigenvalue weighted by Gasteiger charge is 2.42. The Labute approximate surface area is 101 Å². The largest absolute Gasteiger partial charge is 0.386 e. The fraction of sp³-hybridized carbons (Fsp3) is 0.538. The van der Waals surface area contributed by atoms with Crippen LogP contribution in [0.2, 0.25) is 0 Å². The van der Waals surface area contributed by atoms with Crippen LogP contribution >= 0.6 is 0 Å². The molecule has 1 N–H and O–H groups in total. The molecule has 0 atom stereocenters. The molecular formula is C13H18N2O2. The molecule has 1 aliphatic rings. The van der Waals surface area contributed by atoms with Crippen molar-refractivity contribution in [2.75, 3.05) is 13.1 Å². The molecule has 1 saturated heterocycles. The Morgan fingerprint density at radius 1 is 1.59 bits per heavy atom. The maximum absolute atomic E-state index is 12.1. The first-order valence-corrected chi connectivity index (χ1v) is 5.98. The zero-order valence-electron chi connectivity index (χ0n) is 10.3. The molecule has 1 aromatic rings. The van der Waals surface area contributed by atoms with Crippen molar-refractivity contribution in [2.45, 2.75) is 32.3 Å². The highest BCUT2D eigenvalue weighted by atomic mass is 16.3. The van der Waals surface area contributed by atoms with Crippen LogP contribution in [-0.4, -0.2) is 39.6 Å². The van der Waals surface area contributed by atoms with E-state index in [1.165, 1.54) is 0 Å². The lowest BCUT2D eigenvalue weighted by molar-refractivity contribution is -0.0860. The van der Waals surface area contributed by atoms with E-state index in [1.54, 1.807) is 23.2 Å². The van der Waals surface area contributed by atoms with Gasteiger partial charge in [0.1, 0.15) is 0 Å². The molecule has 92 valence electrons. The minimum atomic E-state index is -0.660. The molecular weight excluding hydrogens is 216 g/mol. The lowest BCUT2D eigenvalue weighted by atomic mass is 9.89. The normalized spacial score (nSPS) is 17.7. The number of hydrogen-bond acceptors (Lipinski definition) is 3. The monoisotopic (exact) mass is 234 g/mol. The Kier molecular flexibility index (Phi) is 3.15. The number of carbonyl (C=O) groups is 1. The van der Waals surface area contributed by atoms with Crippen LogP contribution in [0, 0.1) is 6.92 Å². The third-order valence-electron chi connectivity index (χ3n) is 3.12. The van der Waals surface area contributed by atoms with Crippen LogP contribution in [0.5, 0.6) is 0 Å². The molecule has 0 aromatic carbocycles. The van der Waals surface area contributed by atoms with Gasteiger partial charge in [0.05, 0.1) is 18.7 Å². The molecule has 0 radical (unpaired) electrons. The highest BCUT2D eigenvalue weighted by molar-refractivity contribution is 5.94. The first kappa shape index (κ1) is 12.0. The Morgan fingerprint density at radius 2 is 2.29 bits per heavy atom. The van der Waals surface area contributed by atoms with Crippen LogP contribution in [0.15, 0.2) is 18.3 Å². The van der Waals surface area contributed by atoms with E-state index in [0.29, 0.717) is 18.7 Å². The number of pyridine rings is 1. The van der Waals surface area contributed by atoms with Gasteiger partial charge in [-0.15, -0.1) is 0 Å². The van der Waals surface area contributed by atoms with Crippen LogP contribution in [0.25, 0.3) is 0 Å². The second-order valence-corrected chi connectivity index (χ2v) is 4.82. The van der Waals surface area contributed by atoms with Crippen LogP contribution in [0.4, 0.5) is 0 Å². The molecule has 4 heteroatoms. The Hall–Kier alpha value is -1.42. The summed E-state index contributed by atoms with van der Waals surface area (Å²) in [5.74, 6) is -0.0173. The van der Waals surface area contributed by atoms with Gasteiger partial charge in [-0.05, 0) is 25.5 Å². The maximum Gasteiger partial charge on any atom is 0.254 e. The summed E-state index contributed by atoms with van der Waals surface area (Å²) >= 11 is 0. The summed E-state index contributed by atoms with van der Waals surface area (Å²) in [5.41, 5.74) is 0.822. The molecule has 1 fully saturated rings. The van der Waals surface area contributed by atoms with E-state index in [2.05, 4.69) is 4.98 Å². The van der Waals surface area contributed by atoms with Gasteiger partial charge in [-0.2, -0.15) is 0 Å². The van der Waals surface area contributed by atoms with Crippen LogP contribution in [0.1, 0.15) is 35.8 Å². The third kappa shape index (κ3) is 2.47. The molecule has 1 amide bonds. The summed E-state index contributed by atoms with van der Waals surface area (Å²) in [6.07, 6.45) is 3.33. The van der Waals surface area contributed by atoms with Gasteiger partial charge in [0.2, 0.25) is 0 Å². The first-order chi connectivity index (χ1) is 8.04. The van der Waals surface area contributed by atoms with Gasteiger partial charge < -0.3 is 10.0 Å². The first-order valence-electron chi connectivity index (χ1n) is 5.98. The van der Waals surface area contributed by atoms with Crippen molar-refractivity contribution >= 4 is 5.91 Å². The predicted molar refractivity (Wildman–Crippen MR) is 64.7 cm³/mol. The molecule has 0 bridgehead atoms.